The molecule has 2 N–H and O–H groups in total. The van der Waals surface area contributed by atoms with Gasteiger partial charge in [0.05, 0.1) is 6.54 Å². The number of amides is 2. The number of para-hydroxylation sites is 1. The first kappa shape index (κ1) is 24.2. The van der Waals surface area contributed by atoms with Crippen molar-refractivity contribution in [3.05, 3.63) is 87.2 Å². The SMILES string of the molecule is CC(C)c1cccc(C(C)C)c1NC(=O)N(CCc1ccc(Cl)cc1Cl)Cc1ccc[nH]1. The number of carbonyl (C=O) groups is 1. The molecule has 0 aliphatic heterocycles. The van der Waals surface area contributed by atoms with Crippen LogP contribution in [0.2, 0.25) is 10.0 Å². The Bertz CT molecular complexity index is 1020. The molecule has 1 aromatic heterocycles. The van der Waals surface area contributed by atoms with Crippen LogP contribution in [0.15, 0.2) is 54.7 Å². The molecule has 170 valence electrons. The van der Waals surface area contributed by atoms with Crippen LogP contribution in [0.3, 0.4) is 0 Å². The van der Waals surface area contributed by atoms with Crippen LogP contribution in [0.4, 0.5) is 10.5 Å². The number of aromatic nitrogens is 1. The van der Waals surface area contributed by atoms with Gasteiger partial charge in [0.2, 0.25) is 0 Å². The van der Waals surface area contributed by atoms with Crippen molar-refractivity contribution in [3.63, 3.8) is 0 Å². The van der Waals surface area contributed by atoms with Crippen LogP contribution < -0.4 is 5.32 Å². The Morgan fingerprint density at radius 2 is 1.69 bits per heavy atom. The Morgan fingerprint density at radius 3 is 2.25 bits per heavy atom. The van der Waals surface area contributed by atoms with Gasteiger partial charge in [0, 0.05) is 34.2 Å². The molecule has 3 rings (SSSR count). The van der Waals surface area contributed by atoms with Crippen molar-refractivity contribution in [1.29, 1.82) is 0 Å². The highest BCUT2D eigenvalue weighted by Gasteiger charge is 2.20. The summed E-state index contributed by atoms with van der Waals surface area (Å²) in [5.74, 6) is 0.600. The van der Waals surface area contributed by atoms with Crippen LogP contribution in [0, 0.1) is 0 Å². The molecule has 0 unspecified atom stereocenters. The van der Waals surface area contributed by atoms with E-state index in [0.29, 0.717) is 41.4 Å². The summed E-state index contributed by atoms with van der Waals surface area (Å²) in [6, 6.07) is 15.5. The van der Waals surface area contributed by atoms with Gasteiger partial charge in [-0.15, -0.1) is 0 Å². The molecule has 0 fully saturated rings. The predicted octanol–water partition coefficient (Wildman–Crippen LogP) is 7.85. The van der Waals surface area contributed by atoms with Gasteiger partial charge in [0.25, 0.3) is 0 Å². The molecule has 1 heterocycles. The summed E-state index contributed by atoms with van der Waals surface area (Å²) in [6.07, 6.45) is 2.50. The van der Waals surface area contributed by atoms with Crippen LogP contribution in [0.1, 0.15) is 61.9 Å². The number of H-pyrrole nitrogens is 1. The summed E-state index contributed by atoms with van der Waals surface area (Å²) < 4.78 is 0. The van der Waals surface area contributed by atoms with Crippen LogP contribution >= 0.6 is 23.2 Å². The maximum Gasteiger partial charge on any atom is 0.322 e. The number of carbonyl (C=O) groups excluding carboxylic acids is 1. The molecule has 0 atom stereocenters. The minimum absolute atomic E-state index is 0.125. The first-order chi connectivity index (χ1) is 15.3. The van der Waals surface area contributed by atoms with Crippen LogP contribution in [0.5, 0.6) is 0 Å². The van der Waals surface area contributed by atoms with E-state index in [2.05, 4.69) is 56.2 Å². The molecule has 0 saturated heterocycles. The third-order valence-corrected chi connectivity index (χ3v) is 6.17. The Morgan fingerprint density at radius 1 is 1.00 bits per heavy atom. The van der Waals surface area contributed by atoms with Gasteiger partial charge in [0.15, 0.2) is 0 Å². The maximum atomic E-state index is 13.5. The average molecular weight is 472 g/mol. The summed E-state index contributed by atoms with van der Waals surface area (Å²) in [7, 11) is 0. The van der Waals surface area contributed by atoms with Crippen LogP contribution in [-0.2, 0) is 13.0 Å². The second kappa shape index (κ2) is 10.9. The highest BCUT2D eigenvalue weighted by atomic mass is 35.5. The molecule has 0 spiro atoms. The number of aromatic amines is 1. The second-order valence-electron chi connectivity index (χ2n) is 8.65. The number of rotatable bonds is 8. The molecule has 0 aliphatic rings. The molecule has 0 bridgehead atoms. The third-order valence-electron chi connectivity index (χ3n) is 5.58. The van der Waals surface area contributed by atoms with E-state index in [0.717, 1.165) is 28.1 Å². The van der Waals surface area contributed by atoms with Gasteiger partial charge in [-0.2, -0.15) is 0 Å². The summed E-state index contributed by atoms with van der Waals surface area (Å²) in [6.45, 7) is 9.59. The standard InChI is InChI=1S/C26H31Cl2N3O/c1-17(2)22-8-5-9-23(18(3)4)25(22)30-26(32)31(16-21-7-6-13-29-21)14-12-19-10-11-20(27)15-24(19)28/h5-11,13,15,17-18,29H,12,14,16H2,1-4H3,(H,30,32). The van der Waals surface area contributed by atoms with Gasteiger partial charge in [-0.1, -0.05) is 75.2 Å². The van der Waals surface area contributed by atoms with E-state index in [-0.39, 0.29) is 6.03 Å². The van der Waals surface area contributed by atoms with E-state index in [4.69, 9.17) is 23.2 Å². The van der Waals surface area contributed by atoms with Crippen molar-refractivity contribution in [1.82, 2.24) is 9.88 Å². The summed E-state index contributed by atoms with van der Waals surface area (Å²) >= 11 is 12.4. The number of urea groups is 1. The van der Waals surface area contributed by atoms with Crippen molar-refractivity contribution in [2.75, 3.05) is 11.9 Å². The number of hydrogen-bond acceptors (Lipinski definition) is 1. The van der Waals surface area contributed by atoms with E-state index in [1.807, 2.05) is 35.4 Å². The fourth-order valence-corrected chi connectivity index (χ4v) is 4.29. The third kappa shape index (κ3) is 6.08. The minimum Gasteiger partial charge on any atom is -0.364 e. The topological polar surface area (TPSA) is 48.1 Å². The first-order valence-electron chi connectivity index (χ1n) is 11.0. The van der Waals surface area contributed by atoms with Gasteiger partial charge < -0.3 is 15.2 Å². The molecule has 0 saturated carbocycles. The Kier molecular flexibility index (Phi) is 8.27. The number of halogens is 2. The molecule has 2 aromatic carbocycles. The molecular weight excluding hydrogens is 441 g/mol. The first-order valence-corrected chi connectivity index (χ1v) is 11.8. The van der Waals surface area contributed by atoms with Gasteiger partial charge >= 0.3 is 6.03 Å². The summed E-state index contributed by atoms with van der Waals surface area (Å²) in [5.41, 5.74) is 5.15. The van der Waals surface area contributed by atoms with E-state index in [1.165, 1.54) is 0 Å². The lowest BCUT2D eigenvalue weighted by Gasteiger charge is -2.26. The normalized spacial score (nSPS) is 11.2. The van der Waals surface area contributed by atoms with Gasteiger partial charge in [-0.05, 0) is 59.2 Å². The fourth-order valence-electron chi connectivity index (χ4n) is 3.79. The van der Waals surface area contributed by atoms with Crippen molar-refractivity contribution >= 4 is 34.9 Å². The van der Waals surface area contributed by atoms with Gasteiger partial charge in [0.1, 0.15) is 0 Å². The predicted molar refractivity (Wildman–Crippen MR) is 135 cm³/mol. The van der Waals surface area contributed by atoms with Crippen molar-refractivity contribution in [2.24, 2.45) is 0 Å². The lowest BCUT2D eigenvalue weighted by atomic mass is 9.93. The average Bonchev–Trinajstić information content (AvgIpc) is 3.25. The smallest absolute Gasteiger partial charge is 0.322 e. The molecule has 32 heavy (non-hydrogen) atoms. The van der Waals surface area contributed by atoms with E-state index < -0.39 is 0 Å². The van der Waals surface area contributed by atoms with Crippen molar-refractivity contribution < 1.29 is 4.79 Å². The van der Waals surface area contributed by atoms with Gasteiger partial charge in [-0.25, -0.2) is 4.79 Å². The molecular formula is C26H31Cl2N3O. The largest absolute Gasteiger partial charge is 0.364 e. The fraction of sp³-hybridized carbons (Fsp3) is 0.346. The Balaban J connectivity index is 1.86. The zero-order valence-electron chi connectivity index (χ0n) is 19.1. The number of nitrogens with one attached hydrogen (secondary N) is 2. The molecule has 4 nitrogen and oxygen atoms in total. The highest BCUT2D eigenvalue weighted by Crippen LogP contribution is 2.32. The van der Waals surface area contributed by atoms with E-state index in [1.54, 1.807) is 6.07 Å². The number of benzene rings is 2. The van der Waals surface area contributed by atoms with Crippen molar-refractivity contribution in [2.45, 2.75) is 52.5 Å². The number of nitrogens with zero attached hydrogens (tertiary/aromatic N) is 1. The number of hydrogen-bond donors (Lipinski definition) is 2. The molecule has 2 amide bonds. The quantitative estimate of drug-likeness (QED) is 0.345. The van der Waals surface area contributed by atoms with E-state index >= 15 is 0 Å². The molecule has 6 heteroatoms. The van der Waals surface area contributed by atoms with E-state index in [9.17, 15) is 4.79 Å². The Hall–Kier alpha value is -2.43. The maximum absolute atomic E-state index is 13.5. The minimum atomic E-state index is -0.125. The molecule has 0 aliphatic carbocycles. The molecule has 3 aromatic rings. The second-order valence-corrected chi connectivity index (χ2v) is 9.50. The lowest BCUT2D eigenvalue weighted by molar-refractivity contribution is 0.209. The Labute approximate surface area is 200 Å². The monoisotopic (exact) mass is 471 g/mol. The molecule has 0 radical (unpaired) electrons. The zero-order chi connectivity index (χ0) is 23.3. The summed E-state index contributed by atoms with van der Waals surface area (Å²) in [4.78, 5) is 18.5. The van der Waals surface area contributed by atoms with Crippen LogP contribution in [0.25, 0.3) is 0 Å². The lowest BCUT2D eigenvalue weighted by Crippen LogP contribution is -2.36. The highest BCUT2D eigenvalue weighted by molar-refractivity contribution is 6.35. The zero-order valence-corrected chi connectivity index (χ0v) is 20.6. The van der Waals surface area contributed by atoms with Crippen molar-refractivity contribution in [3.8, 4) is 0 Å². The number of anilines is 1. The van der Waals surface area contributed by atoms with Crippen LogP contribution in [-0.4, -0.2) is 22.5 Å². The van der Waals surface area contributed by atoms with Gasteiger partial charge in [-0.3, -0.25) is 0 Å². The summed E-state index contributed by atoms with van der Waals surface area (Å²) in [5, 5.41) is 4.45.